The lowest BCUT2D eigenvalue weighted by Gasteiger charge is -2.21. The van der Waals surface area contributed by atoms with Crippen molar-refractivity contribution in [1.29, 1.82) is 0 Å². The van der Waals surface area contributed by atoms with Gasteiger partial charge in [-0.25, -0.2) is 9.13 Å². The summed E-state index contributed by atoms with van der Waals surface area (Å²) in [5.41, 5.74) is 0. The van der Waals surface area contributed by atoms with Crippen LogP contribution in [0.4, 0.5) is 0 Å². The number of rotatable bonds is 81. The third kappa shape index (κ3) is 76.3. The molecular formula is C83H162O17P2. The molecule has 5 atom stereocenters. The van der Waals surface area contributed by atoms with Crippen LogP contribution < -0.4 is 0 Å². The smallest absolute Gasteiger partial charge is 0.462 e. The van der Waals surface area contributed by atoms with E-state index in [4.69, 9.17) is 37.0 Å². The minimum absolute atomic E-state index is 0.105. The molecule has 2 unspecified atom stereocenters. The molecule has 0 aromatic heterocycles. The Morgan fingerprint density at radius 3 is 0.667 bits per heavy atom. The van der Waals surface area contributed by atoms with E-state index in [2.05, 4.69) is 48.5 Å². The van der Waals surface area contributed by atoms with Gasteiger partial charge in [-0.3, -0.25) is 37.3 Å². The number of phosphoric acid groups is 2. The molecule has 0 aromatic rings. The monoisotopic (exact) mass is 1490 g/mol. The molecule has 0 bridgehead atoms. The minimum Gasteiger partial charge on any atom is -0.462 e. The Bertz CT molecular complexity index is 1970. The molecule has 0 radical (unpaired) electrons. The standard InChI is InChI=1S/C83H162O17P2/c1-8-9-10-11-12-13-14-15-16-17-18-19-20-21-22-25-29-32-37-44-52-59-66-82(87)99-78(70-93-80(85)64-57-50-43-36-31-28-26-23-24-27-30-34-40-47-54-61-74(2)3)72-97-101(89,90)95-68-77(84)69-96-102(91,92)98-73-79(71-94-81(86)65-58-51-46-39-42-49-56-63-76(6)7)100-83(88)67-60-53-45-38-33-35-41-48-55-62-75(4)5/h74-79,84H,8-73H2,1-7H3,(H,89,90)(H,91,92)/t77-,78-,79-/m1/s1. The quantitative estimate of drug-likeness (QED) is 0.0222. The van der Waals surface area contributed by atoms with E-state index in [1.54, 1.807) is 0 Å². The summed E-state index contributed by atoms with van der Waals surface area (Å²) in [7, 11) is -9.92. The summed E-state index contributed by atoms with van der Waals surface area (Å²) in [6, 6.07) is 0. The molecule has 0 aliphatic carbocycles. The summed E-state index contributed by atoms with van der Waals surface area (Å²) >= 11 is 0. The van der Waals surface area contributed by atoms with Gasteiger partial charge >= 0.3 is 39.5 Å². The maximum atomic E-state index is 13.1. The molecular weight excluding hydrogens is 1330 g/mol. The van der Waals surface area contributed by atoms with Crippen LogP contribution in [0.5, 0.6) is 0 Å². The molecule has 606 valence electrons. The van der Waals surface area contributed by atoms with Gasteiger partial charge in [0.1, 0.15) is 19.3 Å². The number of carbonyl (C=O) groups is 4. The summed E-state index contributed by atoms with van der Waals surface area (Å²) in [6.07, 6.45) is 62.8. The van der Waals surface area contributed by atoms with Crippen molar-refractivity contribution < 1.29 is 80.2 Å². The Kier molecular flexibility index (Phi) is 71.8. The number of aliphatic hydroxyl groups is 1. The van der Waals surface area contributed by atoms with Crippen LogP contribution in [-0.2, 0) is 65.4 Å². The van der Waals surface area contributed by atoms with Gasteiger partial charge in [0.15, 0.2) is 12.2 Å². The van der Waals surface area contributed by atoms with Gasteiger partial charge in [0.2, 0.25) is 0 Å². The van der Waals surface area contributed by atoms with Crippen molar-refractivity contribution in [2.24, 2.45) is 17.8 Å². The van der Waals surface area contributed by atoms with E-state index in [9.17, 15) is 43.2 Å². The zero-order valence-electron chi connectivity index (χ0n) is 67.1. The van der Waals surface area contributed by atoms with Gasteiger partial charge in [0.25, 0.3) is 0 Å². The Hall–Kier alpha value is -1.94. The lowest BCUT2D eigenvalue weighted by atomic mass is 10.0. The third-order valence-corrected chi connectivity index (χ3v) is 21.3. The summed E-state index contributed by atoms with van der Waals surface area (Å²) in [5.74, 6) is 0.135. The zero-order valence-corrected chi connectivity index (χ0v) is 68.9. The molecule has 102 heavy (non-hydrogen) atoms. The van der Waals surface area contributed by atoms with Crippen LogP contribution in [0.3, 0.4) is 0 Å². The molecule has 0 saturated carbocycles. The third-order valence-electron chi connectivity index (χ3n) is 19.4. The van der Waals surface area contributed by atoms with E-state index in [-0.39, 0.29) is 25.7 Å². The number of aliphatic hydroxyl groups excluding tert-OH is 1. The van der Waals surface area contributed by atoms with Crippen LogP contribution in [0.1, 0.15) is 434 Å². The van der Waals surface area contributed by atoms with Gasteiger partial charge in [-0.05, 0) is 43.4 Å². The average Bonchev–Trinajstić information content (AvgIpc) is 0.922. The molecule has 3 N–H and O–H groups in total. The predicted octanol–water partition coefficient (Wildman–Crippen LogP) is 24.9. The zero-order chi connectivity index (χ0) is 75.1. The summed E-state index contributed by atoms with van der Waals surface area (Å²) < 4.78 is 68.7. The van der Waals surface area contributed by atoms with Gasteiger partial charge < -0.3 is 33.8 Å². The number of unbranched alkanes of at least 4 members (excludes halogenated alkanes) is 49. The van der Waals surface area contributed by atoms with Crippen molar-refractivity contribution in [3.8, 4) is 0 Å². The molecule has 0 saturated heterocycles. The number of ether oxygens (including phenoxy) is 4. The van der Waals surface area contributed by atoms with Crippen LogP contribution in [-0.4, -0.2) is 96.7 Å². The van der Waals surface area contributed by atoms with E-state index < -0.39 is 97.5 Å². The SMILES string of the molecule is CCCCCCCCCCCCCCCCCCCCCCCCC(=O)O[C@H](COC(=O)CCCCCCCCCCCCCCCCCC(C)C)COP(=O)(O)OC[C@@H](O)COP(=O)(O)OC[C@@H](COC(=O)CCCCCCCCCC(C)C)OC(=O)CCCCCCCCCCCC(C)C. The van der Waals surface area contributed by atoms with Crippen molar-refractivity contribution in [2.75, 3.05) is 39.6 Å². The first kappa shape index (κ1) is 100. The highest BCUT2D eigenvalue weighted by molar-refractivity contribution is 7.47. The fourth-order valence-corrected chi connectivity index (χ4v) is 14.4. The Labute approximate surface area is 626 Å². The van der Waals surface area contributed by atoms with Gasteiger partial charge in [-0.2, -0.15) is 0 Å². The van der Waals surface area contributed by atoms with Crippen LogP contribution >= 0.6 is 15.6 Å². The Morgan fingerprint density at radius 2 is 0.451 bits per heavy atom. The maximum Gasteiger partial charge on any atom is 0.472 e. The molecule has 0 heterocycles. The highest BCUT2D eigenvalue weighted by Gasteiger charge is 2.30. The normalized spacial score (nSPS) is 13.9. The molecule has 17 nitrogen and oxygen atoms in total. The maximum absolute atomic E-state index is 13.1. The highest BCUT2D eigenvalue weighted by Crippen LogP contribution is 2.45. The van der Waals surface area contributed by atoms with Crippen molar-refractivity contribution >= 4 is 39.5 Å². The first-order chi connectivity index (χ1) is 49.2. The number of hydrogen-bond acceptors (Lipinski definition) is 15. The molecule has 0 fully saturated rings. The van der Waals surface area contributed by atoms with Crippen molar-refractivity contribution in [3.63, 3.8) is 0 Å². The second-order valence-electron chi connectivity index (χ2n) is 31.3. The lowest BCUT2D eigenvalue weighted by molar-refractivity contribution is -0.161. The van der Waals surface area contributed by atoms with E-state index in [1.807, 2.05) is 0 Å². The van der Waals surface area contributed by atoms with Crippen LogP contribution in [0, 0.1) is 17.8 Å². The second kappa shape index (κ2) is 73.2. The van der Waals surface area contributed by atoms with Gasteiger partial charge in [0.05, 0.1) is 26.4 Å². The number of hydrogen-bond donors (Lipinski definition) is 3. The van der Waals surface area contributed by atoms with E-state index in [1.165, 1.54) is 238 Å². The molecule has 0 rings (SSSR count). The number of carbonyl (C=O) groups excluding carboxylic acids is 4. The van der Waals surface area contributed by atoms with Gasteiger partial charge in [0, 0.05) is 25.7 Å². The fourth-order valence-electron chi connectivity index (χ4n) is 12.8. The van der Waals surface area contributed by atoms with Crippen molar-refractivity contribution in [3.05, 3.63) is 0 Å². The average molecular weight is 1490 g/mol. The lowest BCUT2D eigenvalue weighted by Crippen LogP contribution is -2.30. The van der Waals surface area contributed by atoms with Crippen LogP contribution in [0.2, 0.25) is 0 Å². The molecule has 0 spiro atoms. The first-order valence-corrected chi connectivity index (χ1v) is 45.8. The van der Waals surface area contributed by atoms with Crippen LogP contribution in [0.15, 0.2) is 0 Å². The highest BCUT2D eigenvalue weighted by atomic mass is 31.2. The van der Waals surface area contributed by atoms with E-state index in [0.717, 1.165) is 108 Å². The molecule has 0 aromatic carbocycles. The first-order valence-electron chi connectivity index (χ1n) is 42.8. The van der Waals surface area contributed by atoms with Crippen LogP contribution in [0.25, 0.3) is 0 Å². The second-order valence-corrected chi connectivity index (χ2v) is 34.2. The Morgan fingerprint density at radius 1 is 0.265 bits per heavy atom. The minimum atomic E-state index is -4.96. The fraction of sp³-hybridized carbons (Fsp3) is 0.952. The van der Waals surface area contributed by atoms with Gasteiger partial charge in [-0.15, -0.1) is 0 Å². The Balaban J connectivity index is 5.20. The van der Waals surface area contributed by atoms with Crippen molar-refractivity contribution in [1.82, 2.24) is 0 Å². The number of phosphoric ester groups is 2. The summed E-state index contributed by atoms with van der Waals surface area (Å²) in [5, 5.41) is 10.6. The predicted molar refractivity (Wildman–Crippen MR) is 418 cm³/mol. The van der Waals surface area contributed by atoms with E-state index >= 15 is 0 Å². The molecule has 0 aliphatic heterocycles. The topological polar surface area (TPSA) is 237 Å². The van der Waals surface area contributed by atoms with E-state index in [0.29, 0.717) is 31.6 Å². The van der Waals surface area contributed by atoms with Crippen molar-refractivity contribution in [2.45, 2.75) is 452 Å². The summed E-state index contributed by atoms with van der Waals surface area (Å²) in [6.45, 7) is 11.9. The largest absolute Gasteiger partial charge is 0.472 e. The summed E-state index contributed by atoms with van der Waals surface area (Å²) in [4.78, 5) is 73.0. The molecule has 0 amide bonds. The number of esters is 4. The molecule has 0 aliphatic rings. The van der Waals surface area contributed by atoms with Gasteiger partial charge in [-0.1, -0.05) is 382 Å². The molecule has 19 heteroatoms.